The predicted octanol–water partition coefficient (Wildman–Crippen LogP) is 1.37. The number of nitrogens with two attached hydrogens (primary N) is 1. The lowest BCUT2D eigenvalue weighted by Gasteiger charge is -2.20. The standard InChI is InChI=1S/C13H26N2O3/c1-8(2)11(13(17)18)15-12(16)9(3)6-5-7-10(4)14/h8-11H,5-7,14H2,1-4H3,(H,15,16)(H,17,18)/t9?,10?,11-/m0/s1. The average molecular weight is 258 g/mol. The van der Waals surface area contributed by atoms with Gasteiger partial charge >= 0.3 is 5.97 Å². The third-order valence-corrected chi connectivity index (χ3v) is 2.97. The fourth-order valence-electron chi connectivity index (χ4n) is 1.69. The van der Waals surface area contributed by atoms with E-state index in [-0.39, 0.29) is 23.8 Å². The highest BCUT2D eigenvalue weighted by molar-refractivity contribution is 5.84. The van der Waals surface area contributed by atoms with Crippen molar-refractivity contribution >= 4 is 11.9 Å². The summed E-state index contributed by atoms with van der Waals surface area (Å²) in [6, 6.07) is -0.670. The van der Waals surface area contributed by atoms with Crippen LogP contribution in [0.3, 0.4) is 0 Å². The summed E-state index contributed by atoms with van der Waals surface area (Å²) in [5.41, 5.74) is 5.64. The molecule has 2 unspecified atom stereocenters. The van der Waals surface area contributed by atoms with Crippen LogP contribution in [0.4, 0.5) is 0 Å². The molecule has 0 saturated carbocycles. The van der Waals surface area contributed by atoms with Crippen molar-refractivity contribution in [1.29, 1.82) is 0 Å². The molecule has 0 heterocycles. The Kier molecular flexibility index (Phi) is 7.59. The summed E-state index contributed by atoms with van der Waals surface area (Å²) in [7, 11) is 0. The lowest BCUT2D eigenvalue weighted by atomic mass is 9.99. The maximum atomic E-state index is 11.8. The van der Waals surface area contributed by atoms with Crippen LogP contribution in [0.5, 0.6) is 0 Å². The number of amides is 1. The summed E-state index contributed by atoms with van der Waals surface area (Å²) in [5.74, 6) is -1.48. The van der Waals surface area contributed by atoms with Gasteiger partial charge in [0.2, 0.25) is 5.91 Å². The Morgan fingerprint density at radius 1 is 1.17 bits per heavy atom. The maximum absolute atomic E-state index is 11.8. The number of aliphatic carboxylic acids is 1. The number of carboxylic acids is 1. The zero-order valence-corrected chi connectivity index (χ0v) is 11.8. The van der Waals surface area contributed by atoms with Gasteiger partial charge in [-0.3, -0.25) is 4.79 Å². The minimum absolute atomic E-state index is 0.122. The second-order valence-electron chi connectivity index (χ2n) is 5.38. The van der Waals surface area contributed by atoms with Crippen LogP contribution in [0.1, 0.15) is 47.0 Å². The van der Waals surface area contributed by atoms with E-state index in [4.69, 9.17) is 10.8 Å². The van der Waals surface area contributed by atoms with Gasteiger partial charge in [-0.1, -0.05) is 27.2 Å². The van der Waals surface area contributed by atoms with Gasteiger partial charge in [-0.2, -0.15) is 0 Å². The molecule has 0 aromatic heterocycles. The molecule has 1 amide bonds. The van der Waals surface area contributed by atoms with Gasteiger partial charge in [0.05, 0.1) is 0 Å². The molecule has 5 nitrogen and oxygen atoms in total. The molecule has 0 radical (unpaired) electrons. The van der Waals surface area contributed by atoms with E-state index in [1.165, 1.54) is 0 Å². The van der Waals surface area contributed by atoms with Gasteiger partial charge in [-0.15, -0.1) is 0 Å². The SMILES string of the molecule is CC(N)CCCC(C)C(=O)N[C@H](C(=O)O)C(C)C. The number of carboxylic acid groups (broad SMARTS) is 1. The Morgan fingerprint density at radius 2 is 1.72 bits per heavy atom. The van der Waals surface area contributed by atoms with Crippen LogP contribution in [-0.2, 0) is 9.59 Å². The van der Waals surface area contributed by atoms with Gasteiger partial charge in [-0.05, 0) is 25.7 Å². The molecule has 0 aliphatic heterocycles. The summed E-state index contributed by atoms with van der Waals surface area (Å²) in [4.78, 5) is 22.8. The number of nitrogens with one attached hydrogen (secondary N) is 1. The topological polar surface area (TPSA) is 92.4 Å². The highest BCUT2D eigenvalue weighted by atomic mass is 16.4. The first-order valence-electron chi connectivity index (χ1n) is 6.54. The van der Waals surface area contributed by atoms with E-state index >= 15 is 0 Å². The number of carbonyl (C=O) groups is 2. The predicted molar refractivity (Wildman–Crippen MR) is 71.1 cm³/mol. The Labute approximate surface area is 109 Å². The fourth-order valence-corrected chi connectivity index (χ4v) is 1.69. The molecule has 106 valence electrons. The first-order chi connectivity index (χ1) is 8.25. The molecule has 0 aliphatic carbocycles. The van der Waals surface area contributed by atoms with E-state index < -0.39 is 12.0 Å². The first kappa shape index (κ1) is 16.9. The monoisotopic (exact) mass is 258 g/mol. The molecule has 0 spiro atoms. The van der Waals surface area contributed by atoms with Crippen molar-refractivity contribution in [1.82, 2.24) is 5.32 Å². The molecule has 0 aromatic rings. The van der Waals surface area contributed by atoms with Crippen LogP contribution < -0.4 is 11.1 Å². The lowest BCUT2D eigenvalue weighted by Crippen LogP contribution is -2.46. The van der Waals surface area contributed by atoms with Gasteiger partial charge in [-0.25, -0.2) is 4.79 Å². The van der Waals surface area contributed by atoms with Gasteiger partial charge in [0.25, 0.3) is 0 Å². The van der Waals surface area contributed by atoms with Crippen LogP contribution in [0.25, 0.3) is 0 Å². The first-order valence-corrected chi connectivity index (χ1v) is 6.54. The molecular formula is C13H26N2O3. The minimum atomic E-state index is -0.985. The minimum Gasteiger partial charge on any atom is -0.480 e. The lowest BCUT2D eigenvalue weighted by molar-refractivity contribution is -0.143. The molecule has 3 atom stereocenters. The largest absolute Gasteiger partial charge is 0.480 e. The van der Waals surface area contributed by atoms with Gasteiger partial charge < -0.3 is 16.2 Å². The summed E-state index contributed by atoms with van der Waals surface area (Å²) < 4.78 is 0. The third-order valence-electron chi connectivity index (χ3n) is 2.97. The van der Waals surface area contributed by atoms with Crippen LogP contribution in [0, 0.1) is 11.8 Å². The van der Waals surface area contributed by atoms with E-state index in [0.717, 1.165) is 19.3 Å². The van der Waals surface area contributed by atoms with Crippen LogP contribution in [-0.4, -0.2) is 29.1 Å². The Bertz CT molecular complexity index is 277. The van der Waals surface area contributed by atoms with Gasteiger partial charge in [0.1, 0.15) is 6.04 Å². The smallest absolute Gasteiger partial charge is 0.326 e. The summed E-state index contributed by atoms with van der Waals surface area (Å²) in [6.07, 6.45) is 2.49. The zero-order chi connectivity index (χ0) is 14.3. The molecule has 0 rings (SSSR count). The summed E-state index contributed by atoms with van der Waals surface area (Å²) in [6.45, 7) is 7.30. The molecule has 18 heavy (non-hydrogen) atoms. The number of carbonyl (C=O) groups excluding carboxylic acids is 1. The molecule has 4 N–H and O–H groups in total. The molecule has 0 aromatic carbocycles. The van der Waals surface area contributed by atoms with Crippen molar-refractivity contribution in [2.75, 3.05) is 0 Å². The van der Waals surface area contributed by atoms with Crippen LogP contribution in [0.15, 0.2) is 0 Å². The Balaban J connectivity index is 4.17. The third kappa shape index (κ3) is 6.59. The normalized spacial score (nSPS) is 16.1. The Morgan fingerprint density at radius 3 is 2.11 bits per heavy atom. The van der Waals surface area contributed by atoms with Gasteiger partial charge in [0, 0.05) is 12.0 Å². The summed E-state index contributed by atoms with van der Waals surface area (Å²) in [5, 5.41) is 11.6. The van der Waals surface area contributed by atoms with E-state index in [1.54, 1.807) is 13.8 Å². The number of hydrogen-bond donors (Lipinski definition) is 3. The van der Waals surface area contributed by atoms with Crippen LogP contribution in [0.2, 0.25) is 0 Å². The molecule has 5 heteroatoms. The van der Waals surface area contributed by atoms with E-state index in [2.05, 4.69) is 5.32 Å². The quantitative estimate of drug-likeness (QED) is 0.613. The molecular weight excluding hydrogens is 232 g/mol. The second kappa shape index (κ2) is 8.08. The van der Waals surface area contributed by atoms with E-state index in [1.807, 2.05) is 13.8 Å². The van der Waals surface area contributed by atoms with Crippen molar-refractivity contribution in [2.24, 2.45) is 17.6 Å². The average Bonchev–Trinajstić information content (AvgIpc) is 2.23. The van der Waals surface area contributed by atoms with Crippen molar-refractivity contribution in [3.8, 4) is 0 Å². The fraction of sp³-hybridized carbons (Fsp3) is 0.846. The summed E-state index contributed by atoms with van der Waals surface area (Å²) >= 11 is 0. The van der Waals surface area contributed by atoms with Crippen molar-refractivity contribution in [3.05, 3.63) is 0 Å². The molecule has 0 aliphatic rings. The van der Waals surface area contributed by atoms with Crippen molar-refractivity contribution < 1.29 is 14.7 Å². The molecule has 0 bridgehead atoms. The maximum Gasteiger partial charge on any atom is 0.326 e. The van der Waals surface area contributed by atoms with E-state index in [9.17, 15) is 9.59 Å². The highest BCUT2D eigenvalue weighted by Crippen LogP contribution is 2.11. The molecule has 0 fully saturated rings. The zero-order valence-electron chi connectivity index (χ0n) is 11.8. The van der Waals surface area contributed by atoms with Crippen molar-refractivity contribution in [3.63, 3.8) is 0 Å². The number of hydrogen-bond acceptors (Lipinski definition) is 3. The highest BCUT2D eigenvalue weighted by Gasteiger charge is 2.25. The van der Waals surface area contributed by atoms with E-state index in [0.29, 0.717) is 0 Å². The second-order valence-corrected chi connectivity index (χ2v) is 5.38. The Hall–Kier alpha value is -1.10. The van der Waals surface area contributed by atoms with Gasteiger partial charge in [0.15, 0.2) is 0 Å². The molecule has 0 saturated heterocycles. The number of rotatable bonds is 8. The van der Waals surface area contributed by atoms with Crippen LogP contribution >= 0.6 is 0 Å². The van der Waals surface area contributed by atoms with Crippen molar-refractivity contribution in [2.45, 2.75) is 59.0 Å².